The number of imide groups is 1. The summed E-state index contributed by atoms with van der Waals surface area (Å²) in [5.41, 5.74) is 2.99. The number of thiophene rings is 1. The summed E-state index contributed by atoms with van der Waals surface area (Å²) in [5, 5.41) is 5.06. The van der Waals surface area contributed by atoms with E-state index in [0.717, 1.165) is 16.0 Å². The van der Waals surface area contributed by atoms with Crippen LogP contribution < -0.4 is 14.8 Å². The normalized spacial score (nSPS) is 13.7. The Bertz CT molecular complexity index is 1170. The highest BCUT2D eigenvalue weighted by Crippen LogP contribution is 2.36. The first-order valence-corrected chi connectivity index (χ1v) is 10.6. The molecule has 1 aliphatic rings. The minimum absolute atomic E-state index is 0.118. The summed E-state index contributed by atoms with van der Waals surface area (Å²) in [6.45, 7) is 2.07. The highest BCUT2D eigenvalue weighted by atomic mass is 32.1. The van der Waals surface area contributed by atoms with Crippen molar-refractivity contribution in [2.45, 2.75) is 13.5 Å². The van der Waals surface area contributed by atoms with Gasteiger partial charge in [-0.25, -0.2) is 0 Å². The predicted octanol–water partition coefficient (Wildman–Crippen LogP) is 4.47. The summed E-state index contributed by atoms with van der Waals surface area (Å²) in [7, 11) is 3.14. The molecule has 2 aromatic carbocycles. The molecule has 0 radical (unpaired) electrons. The molecule has 4 rings (SSSR count). The summed E-state index contributed by atoms with van der Waals surface area (Å²) in [5.74, 6) is 0.491. The molecule has 0 bridgehead atoms. The van der Waals surface area contributed by atoms with Gasteiger partial charge in [-0.1, -0.05) is 30.3 Å². The monoisotopic (exact) mass is 434 g/mol. The van der Waals surface area contributed by atoms with Crippen molar-refractivity contribution in [2.75, 3.05) is 19.5 Å². The summed E-state index contributed by atoms with van der Waals surface area (Å²) in [4.78, 5) is 28.8. The maximum Gasteiger partial charge on any atom is 0.278 e. The molecular weight excluding hydrogens is 412 g/mol. The predicted molar refractivity (Wildman–Crippen MR) is 121 cm³/mol. The molecule has 0 fully saturated rings. The van der Waals surface area contributed by atoms with E-state index in [1.165, 1.54) is 16.2 Å². The van der Waals surface area contributed by atoms with Crippen LogP contribution in [0.5, 0.6) is 11.5 Å². The topological polar surface area (TPSA) is 67.9 Å². The Kier molecular flexibility index (Phi) is 5.77. The molecular formula is C24H22N2O4S. The van der Waals surface area contributed by atoms with Crippen molar-refractivity contribution in [3.8, 4) is 11.5 Å². The van der Waals surface area contributed by atoms with Gasteiger partial charge in [0.25, 0.3) is 11.8 Å². The number of carbonyl (C=O) groups excluding carboxylic acids is 2. The molecule has 31 heavy (non-hydrogen) atoms. The average molecular weight is 435 g/mol. The van der Waals surface area contributed by atoms with Crippen LogP contribution in [0, 0.1) is 6.92 Å². The van der Waals surface area contributed by atoms with Gasteiger partial charge in [0.2, 0.25) is 0 Å². The standard InChI is InChI=1S/C24H22N2O4S/c1-15-10-11-19(30-3)17(13-15)25-22-21(20-9-6-12-31-20)23(27)26(24(22)28)14-16-7-4-5-8-18(16)29-2/h4-13,25H,14H2,1-3H3. The van der Waals surface area contributed by atoms with Crippen LogP contribution in [0.15, 0.2) is 65.7 Å². The maximum absolute atomic E-state index is 13.4. The SMILES string of the molecule is COc1ccccc1CN1C(=O)C(Nc2cc(C)ccc2OC)=C(c2cccs2)C1=O. The first-order chi connectivity index (χ1) is 15.0. The third-order valence-electron chi connectivity index (χ3n) is 5.07. The molecule has 2 heterocycles. The molecule has 0 saturated carbocycles. The number of benzene rings is 2. The lowest BCUT2D eigenvalue weighted by atomic mass is 10.1. The van der Waals surface area contributed by atoms with E-state index in [0.29, 0.717) is 22.8 Å². The Balaban J connectivity index is 1.75. The molecule has 0 atom stereocenters. The molecule has 0 aliphatic carbocycles. The Hall–Kier alpha value is -3.58. The van der Waals surface area contributed by atoms with Gasteiger partial charge < -0.3 is 14.8 Å². The number of nitrogens with one attached hydrogen (secondary N) is 1. The second kappa shape index (κ2) is 8.65. The highest BCUT2D eigenvalue weighted by Gasteiger charge is 2.40. The van der Waals surface area contributed by atoms with E-state index in [4.69, 9.17) is 9.47 Å². The van der Waals surface area contributed by atoms with E-state index < -0.39 is 0 Å². The van der Waals surface area contributed by atoms with Crippen LogP contribution in [0.4, 0.5) is 5.69 Å². The quantitative estimate of drug-likeness (QED) is 0.556. The smallest absolute Gasteiger partial charge is 0.278 e. The van der Waals surface area contributed by atoms with Gasteiger partial charge in [-0.05, 0) is 42.1 Å². The molecule has 6 nitrogen and oxygen atoms in total. The molecule has 3 aromatic rings. The summed E-state index contributed by atoms with van der Waals surface area (Å²) in [6.07, 6.45) is 0. The van der Waals surface area contributed by atoms with Gasteiger partial charge >= 0.3 is 0 Å². The number of para-hydroxylation sites is 1. The first-order valence-electron chi connectivity index (χ1n) is 9.71. The van der Waals surface area contributed by atoms with Crippen molar-refractivity contribution in [2.24, 2.45) is 0 Å². The zero-order valence-electron chi connectivity index (χ0n) is 17.5. The highest BCUT2D eigenvalue weighted by molar-refractivity contribution is 7.11. The van der Waals surface area contributed by atoms with Gasteiger partial charge in [0.15, 0.2) is 0 Å². The number of methoxy groups -OCH3 is 2. The van der Waals surface area contributed by atoms with Crippen LogP contribution >= 0.6 is 11.3 Å². The lowest BCUT2D eigenvalue weighted by Gasteiger charge is -2.17. The van der Waals surface area contributed by atoms with Crippen LogP contribution in [0.1, 0.15) is 16.0 Å². The van der Waals surface area contributed by atoms with Crippen molar-refractivity contribution in [1.82, 2.24) is 4.90 Å². The van der Waals surface area contributed by atoms with Crippen LogP contribution in [-0.4, -0.2) is 30.9 Å². The largest absolute Gasteiger partial charge is 0.496 e. The minimum Gasteiger partial charge on any atom is -0.496 e. The summed E-state index contributed by atoms with van der Waals surface area (Å²) >= 11 is 1.42. The van der Waals surface area contributed by atoms with Crippen molar-refractivity contribution < 1.29 is 19.1 Å². The van der Waals surface area contributed by atoms with E-state index in [2.05, 4.69) is 5.32 Å². The fraction of sp³-hybridized carbons (Fsp3) is 0.167. The molecule has 7 heteroatoms. The molecule has 0 unspecified atom stereocenters. The first kappa shape index (κ1) is 20.7. The summed E-state index contributed by atoms with van der Waals surface area (Å²) in [6, 6.07) is 16.7. The van der Waals surface area contributed by atoms with E-state index in [-0.39, 0.29) is 24.1 Å². The molecule has 158 valence electrons. The Morgan fingerprint density at radius 3 is 2.42 bits per heavy atom. The number of aryl methyl sites for hydroxylation is 1. The number of hydrogen-bond acceptors (Lipinski definition) is 6. The Morgan fingerprint density at radius 2 is 1.71 bits per heavy atom. The van der Waals surface area contributed by atoms with Gasteiger partial charge in [-0.2, -0.15) is 0 Å². The van der Waals surface area contributed by atoms with Crippen LogP contribution in [0.2, 0.25) is 0 Å². The van der Waals surface area contributed by atoms with Gasteiger partial charge in [0, 0.05) is 10.4 Å². The average Bonchev–Trinajstić information content (AvgIpc) is 3.37. The Morgan fingerprint density at radius 1 is 0.935 bits per heavy atom. The number of anilines is 1. The van der Waals surface area contributed by atoms with E-state index in [1.54, 1.807) is 14.2 Å². The van der Waals surface area contributed by atoms with Gasteiger partial charge in [-0.3, -0.25) is 14.5 Å². The second-order valence-electron chi connectivity index (χ2n) is 7.06. The molecule has 0 spiro atoms. The number of carbonyl (C=O) groups is 2. The second-order valence-corrected chi connectivity index (χ2v) is 8.01. The molecule has 2 amide bonds. The fourth-order valence-electron chi connectivity index (χ4n) is 3.54. The van der Waals surface area contributed by atoms with Gasteiger partial charge in [-0.15, -0.1) is 11.3 Å². The molecule has 1 aromatic heterocycles. The lowest BCUT2D eigenvalue weighted by Crippen LogP contribution is -2.32. The van der Waals surface area contributed by atoms with Crippen molar-refractivity contribution >= 4 is 34.4 Å². The minimum atomic E-state index is -0.386. The van der Waals surface area contributed by atoms with Crippen LogP contribution in [0.25, 0.3) is 5.57 Å². The van der Waals surface area contributed by atoms with Crippen molar-refractivity contribution in [3.63, 3.8) is 0 Å². The maximum atomic E-state index is 13.4. The van der Waals surface area contributed by atoms with Crippen molar-refractivity contribution in [3.05, 3.63) is 81.7 Å². The van der Waals surface area contributed by atoms with Crippen molar-refractivity contribution in [1.29, 1.82) is 0 Å². The zero-order valence-corrected chi connectivity index (χ0v) is 18.3. The number of amides is 2. The number of hydrogen-bond donors (Lipinski definition) is 1. The fourth-order valence-corrected chi connectivity index (χ4v) is 4.31. The number of ether oxygens (including phenoxy) is 2. The van der Waals surface area contributed by atoms with E-state index >= 15 is 0 Å². The number of nitrogens with zero attached hydrogens (tertiary/aromatic N) is 1. The van der Waals surface area contributed by atoms with Crippen LogP contribution in [-0.2, 0) is 16.1 Å². The third kappa shape index (κ3) is 3.92. The van der Waals surface area contributed by atoms with Gasteiger partial charge in [0.1, 0.15) is 17.2 Å². The van der Waals surface area contributed by atoms with Crippen LogP contribution in [0.3, 0.4) is 0 Å². The lowest BCUT2D eigenvalue weighted by molar-refractivity contribution is -0.137. The van der Waals surface area contributed by atoms with E-state index in [1.807, 2.05) is 66.9 Å². The summed E-state index contributed by atoms with van der Waals surface area (Å²) < 4.78 is 10.8. The van der Waals surface area contributed by atoms with Gasteiger partial charge in [0.05, 0.1) is 32.0 Å². The zero-order chi connectivity index (χ0) is 22.0. The molecule has 1 N–H and O–H groups in total. The third-order valence-corrected chi connectivity index (χ3v) is 5.96. The van der Waals surface area contributed by atoms with E-state index in [9.17, 15) is 9.59 Å². The Labute approximate surface area is 184 Å². The number of rotatable bonds is 7. The molecule has 1 aliphatic heterocycles. The molecule has 0 saturated heterocycles.